The molecule has 2 rings (SSSR count). The molecule has 1 N–H and O–H groups in total. The van der Waals surface area contributed by atoms with Crippen LogP contribution in [0.1, 0.15) is 57.4 Å². The van der Waals surface area contributed by atoms with Crippen LogP contribution >= 0.6 is 0 Å². The van der Waals surface area contributed by atoms with E-state index < -0.39 is 5.82 Å². The largest absolute Gasteiger partial charge is 0.314 e. The predicted molar refractivity (Wildman–Crippen MR) is 78.8 cm³/mol. The first kappa shape index (κ1) is 15.4. The molecule has 112 valence electrons. The molecule has 1 aromatic carbocycles. The zero-order valence-electron chi connectivity index (χ0n) is 12.5. The van der Waals surface area contributed by atoms with Gasteiger partial charge in [0, 0.05) is 12.1 Å². The summed E-state index contributed by atoms with van der Waals surface area (Å²) < 4.78 is 27.2. The van der Waals surface area contributed by atoms with Gasteiger partial charge < -0.3 is 5.32 Å². The molecular weight excluding hydrogens is 256 g/mol. The van der Waals surface area contributed by atoms with Gasteiger partial charge in [-0.15, -0.1) is 0 Å². The highest BCUT2D eigenvalue weighted by atomic mass is 19.1. The number of benzene rings is 1. The fourth-order valence-electron chi connectivity index (χ4n) is 3.23. The molecule has 0 heterocycles. The van der Waals surface area contributed by atoms with E-state index in [0.717, 1.165) is 31.9 Å². The van der Waals surface area contributed by atoms with Crippen LogP contribution in [0.15, 0.2) is 18.2 Å². The van der Waals surface area contributed by atoms with Crippen LogP contribution in [0.5, 0.6) is 0 Å². The summed E-state index contributed by atoms with van der Waals surface area (Å²) in [4.78, 5) is 0. The van der Waals surface area contributed by atoms with E-state index in [2.05, 4.69) is 19.2 Å². The lowest BCUT2D eigenvalue weighted by Gasteiger charge is -2.27. The lowest BCUT2D eigenvalue weighted by atomic mass is 9.82. The Balaban J connectivity index is 2.18. The summed E-state index contributed by atoms with van der Waals surface area (Å²) in [5.41, 5.74) is 0.698. The summed E-state index contributed by atoms with van der Waals surface area (Å²) in [6.07, 6.45) is 5.70. The second kappa shape index (κ2) is 7.16. The van der Waals surface area contributed by atoms with E-state index in [-0.39, 0.29) is 11.7 Å². The highest BCUT2D eigenvalue weighted by molar-refractivity contribution is 5.23. The molecule has 2 atom stereocenters. The second-order valence-electron chi connectivity index (χ2n) is 6.23. The van der Waals surface area contributed by atoms with Crippen molar-refractivity contribution in [3.63, 3.8) is 0 Å². The topological polar surface area (TPSA) is 12.0 Å². The number of hydrogen-bond donors (Lipinski definition) is 1. The quantitative estimate of drug-likeness (QED) is 0.794. The van der Waals surface area contributed by atoms with E-state index in [1.54, 1.807) is 6.07 Å². The summed E-state index contributed by atoms with van der Waals surface area (Å²) >= 11 is 0. The van der Waals surface area contributed by atoms with Gasteiger partial charge >= 0.3 is 0 Å². The normalized spacial score (nSPS) is 23.9. The van der Waals surface area contributed by atoms with Crippen LogP contribution in [-0.2, 0) is 0 Å². The van der Waals surface area contributed by atoms with E-state index in [1.807, 2.05) is 0 Å². The van der Waals surface area contributed by atoms with Crippen LogP contribution in [0.3, 0.4) is 0 Å². The summed E-state index contributed by atoms with van der Waals surface area (Å²) in [7, 11) is 0. The maximum absolute atomic E-state index is 14.1. The van der Waals surface area contributed by atoms with Gasteiger partial charge in [0.15, 0.2) is 0 Å². The van der Waals surface area contributed by atoms with Crippen LogP contribution in [0, 0.1) is 17.6 Å². The fourth-order valence-corrected chi connectivity index (χ4v) is 3.23. The van der Waals surface area contributed by atoms with Crippen molar-refractivity contribution < 1.29 is 8.78 Å². The van der Waals surface area contributed by atoms with Crippen molar-refractivity contribution in [2.24, 2.45) is 5.92 Å². The standard InChI is InChI=1S/C17H25F2N/c1-12(2)20-11-13-6-4-3-5-7-15(13)16-9-8-14(18)10-17(16)19/h8-10,12-13,15,20H,3-7,11H2,1-2H3. The molecular formula is C17H25F2N. The molecule has 0 aliphatic heterocycles. The van der Waals surface area contributed by atoms with Crippen molar-refractivity contribution in [3.8, 4) is 0 Å². The third-order valence-corrected chi connectivity index (χ3v) is 4.31. The van der Waals surface area contributed by atoms with Gasteiger partial charge in [0.05, 0.1) is 0 Å². The molecule has 0 radical (unpaired) electrons. The number of nitrogens with one attached hydrogen (secondary N) is 1. The van der Waals surface area contributed by atoms with Crippen molar-refractivity contribution in [2.45, 2.75) is 57.9 Å². The molecule has 1 aliphatic carbocycles. The fraction of sp³-hybridized carbons (Fsp3) is 0.647. The number of hydrogen-bond acceptors (Lipinski definition) is 1. The van der Waals surface area contributed by atoms with Gasteiger partial charge in [-0.25, -0.2) is 8.78 Å². The molecule has 0 spiro atoms. The first-order valence-electron chi connectivity index (χ1n) is 7.76. The average Bonchev–Trinajstić information content (AvgIpc) is 2.61. The van der Waals surface area contributed by atoms with Crippen LogP contribution in [0.25, 0.3) is 0 Å². The Kier molecular flexibility index (Phi) is 5.53. The zero-order valence-corrected chi connectivity index (χ0v) is 12.5. The summed E-state index contributed by atoms with van der Waals surface area (Å²) in [5, 5.41) is 3.48. The molecule has 1 saturated carbocycles. The van der Waals surface area contributed by atoms with Gasteiger partial charge in [0.25, 0.3) is 0 Å². The van der Waals surface area contributed by atoms with Crippen LogP contribution in [-0.4, -0.2) is 12.6 Å². The van der Waals surface area contributed by atoms with E-state index >= 15 is 0 Å². The first-order valence-corrected chi connectivity index (χ1v) is 7.76. The van der Waals surface area contributed by atoms with Crippen molar-refractivity contribution in [3.05, 3.63) is 35.4 Å². The summed E-state index contributed by atoms with van der Waals surface area (Å²) in [6, 6.07) is 4.49. The third kappa shape index (κ3) is 4.02. The summed E-state index contributed by atoms with van der Waals surface area (Å²) in [6.45, 7) is 5.17. The maximum Gasteiger partial charge on any atom is 0.129 e. The molecule has 1 nitrogen and oxygen atoms in total. The van der Waals surface area contributed by atoms with Gasteiger partial charge in [-0.2, -0.15) is 0 Å². The van der Waals surface area contributed by atoms with Crippen molar-refractivity contribution in [1.82, 2.24) is 5.32 Å². The van der Waals surface area contributed by atoms with Gasteiger partial charge in [0.2, 0.25) is 0 Å². The van der Waals surface area contributed by atoms with E-state index in [1.165, 1.54) is 18.9 Å². The SMILES string of the molecule is CC(C)NCC1CCCCCC1c1ccc(F)cc1F. The molecule has 20 heavy (non-hydrogen) atoms. The molecule has 1 aliphatic rings. The highest BCUT2D eigenvalue weighted by Gasteiger charge is 2.27. The Bertz CT molecular complexity index is 431. The molecule has 0 bridgehead atoms. The molecule has 0 saturated heterocycles. The minimum atomic E-state index is -0.489. The van der Waals surface area contributed by atoms with Gasteiger partial charge in [-0.3, -0.25) is 0 Å². The maximum atomic E-state index is 14.1. The van der Waals surface area contributed by atoms with Crippen molar-refractivity contribution >= 4 is 0 Å². The molecule has 0 amide bonds. The molecule has 3 heteroatoms. The van der Waals surface area contributed by atoms with E-state index in [9.17, 15) is 8.78 Å². The molecule has 1 fully saturated rings. The van der Waals surface area contributed by atoms with Crippen molar-refractivity contribution in [1.29, 1.82) is 0 Å². The number of halogens is 2. The second-order valence-corrected chi connectivity index (χ2v) is 6.23. The Morgan fingerprint density at radius 3 is 2.60 bits per heavy atom. The lowest BCUT2D eigenvalue weighted by Crippen LogP contribution is -2.31. The minimum Gasteiger partial charge on any atom is -0.314 e. The Morgan fingerprint density at radius 1 is 1.15 bits per heavy atom. The first-order chi connectivity index (χ1) is 9.58. The lowest BCUT2D eigenvalue weighted by molar-refractivity contribution is 0.355. The van der Waals surface area contributed by atoms with Crippen LogP contribution in [0.2, 0.25) is 0 Å². The summed E-state index contributed by atoms with van der Waals surface area (Å²) in [5.74, 6) is -0.215. The smallest absolute Gasteiger partial charge is 0.129 e. The highest BCUT2D eigenvalue weighted by Crippen LogP contribution is 2.37. The molecule has 0 aromatic heterocycles. The molecule has 1 aromatic rings. The Hall–Kier alpha value is -0.960. The van der Waals surface area contributed by atoms with Crippen LogP contribution < -0.4 is 5.32 Å². The van der Waals surface area contributed by atoms with Crippen molar-refractivity contribution in [2.75, 3.05) is 6.54 Å². The Morgan fingerprint density at radius 2 is 1.90 bits per heavy atom. The van der Waals surface area contributed by atoms with Gasteiger partial charge in [0.1, 0.15) is 11.6 Å². The van der Waals surface area contributed by atoms with Gasteiger partial charge in [-0.1, -0.05) is 39.2 Å². The average molecular weight is 281 g/mol. The van der Waals surface area contributed by atoms with Gasteiger partial charge in [-0.05, 0) is 42.9 Å². The number of rotatable bonds is 4. The predicted octanol–water partition coefficient (Wildman–Crippen LogP) is 4.63. The monoisotopic (exact) mass is 281 g/mol. The third-order valence-electron chi connectivity index (χ3n) is 4.31. The van der Waals surface area contributed by atoms with E-state index in [4.69, 9.17) is 0 Å². The van der Waals surface area contributed by atoms with Crippen LogP contribution in [0.4, 0.5) is 8.78 Å². The van der Waals surface area contributed by atoms with E-state index in [0.29, 0.717) is 17.5 Å². The Labute approximate surface area is 120 Å². The minimum absolute atomic E-state index is 0.212. The molecule has 2 unspecified atom stereocenters. The zero-order chi connectivity index (χ0) is 14.5.